The van der Waals surface area contributed by atoms with E-state index in [1.807, 2.05) is 0 Å². The highest BCUT2D eigenvalue weighted by Gasteiger charge is 2.24. The summed E-state index contributed by atoms with van der Waals surface area (Å²) in [6.45, 7) is 1.19. The molecule has 0 saturated heterocycles. The number of primary amides is 1. The number of amides is 2. The van der Waals surface area contributed by atoms with Gasteiger partial charge >= 0.3 is 0 Å². The number of hydrogen-bond acceptors (Lipinski definition) is 4. The second-order valence-electron chi connectivity index (χ2n) is 5.78. The van der Waals surface area contributed by atoms with Crippen LogP contribution in [0.15, 0.2) is 39.7 Å². The third-order valence-electron chi connectivity index (χ3n) is 4.11. The molecule has 130 valence electrons. The standard InChI is InChI=1S/C17H17BrN4O3/c18-10-3-1-2-9(6-10)14(16(19)24)22-17(25)12-8-21-13-4-5-20-7-11(13)15(12)23/h1-3,6,8,14,20H,4-5,7H2,(H2,19,24)(H,21,23)(H,22,25). The summed E-state index contributed by atoms with van der Waals surface area (Å²) in [5.41, 5.74) is 6.97. The first-order valence-corrected chi connectivity index (χ1v) is 8.56. The van der Waals surface area contributed by atoms with Gasteiger partial charge in [-0.1, -0.05) is 28.1 Å². The van der Waals surface area contributed by atoms with Crippen molar-refractivity contribution in [2.45, 2.75) is 19.0 Å². The number of rotatable bonds is 4. The lowest BCUT2D eigenvalue weighted by Gasteiger charge is -2.19. The highest BCUT2D eigenvalue weighted by molar-refractivity contribution is 9.10. The second-order valence-corrected chi connectivity index (χ2v) is 6.69. The quantitative estimate of drug-likeness (QED) is 0.600. The fourth-order valence-corrected chi connectivity index (χ4v) is 3.25. The van der Waals surface area contributed by atoms with Crippen molar-refractivity contribution in [1.82, 2.24) is 15.6 Å². The van der Waals surface area contributed by atoms with Crippen molar-refractivity contribution in [3.8, 4) is 0 Å². The maximum atomic E-state index is 12.6. The number of aromatic amines is 1. The van der Waals surface area contributed by atoms with Gasteiger partial charge in [-0.15, -0.1) is 0 Å². The van der Waals surface area contributed by atoms with E-state index in [2.05, 4.69) is 31.5 Å². The van der Waals surface area contributed by atoms with Crippen LogP contribution in [0.4, 0.5) is 0 Å². The summed E-state index contributed by atoms with van der Waals surface area (Å²) in [6.07, 6.45) is 2.09. The highest BCUT2D eigenvalue weighted by Crippen LogP contribution is 2.18. The predicted molar refractivity (Wildman–Crippen MR) is 96.0 cm³/mol. The second kappa shape index (κ2) is 7.20. The normalized spacial score (nSPS) is 14.4. The number of H-pyrrole nitrogens is 1. The zero-order valence-electron chi connectivity index (χ0n) is 13.3. The van der Waals surface area contributed by atoms with Gasteiger partial charge in [0.05, 0.1) is 0 Å². The summed E-state index contributed by atoms with van der Waals surface area (Å²) in [4.78, 5) is 39.9. The molecule has 8 heteroatoms. The van der Waals surface area contributed by atoms with Crippen LogP contribution < -0.4 is 21.8 Å². The van der Waals surface area contributed by atoms with E-state index in [0.717, 1.165) is 16.7 Å². The molecule has 0 fully saturated rings. The topological polar surface area (TPSA) is 117 Å². The van der Waals surface area contributed by atoms with E-state index in [0.29, 0.717) is 24.1 Å². The maximum Gasteiger partial charge on any atom is 0.257 e. The van der Waals surface area contributed by atoms with E-state index in [1.165, 1.54) is 6.20 Å². The lowest BCUT2D eigenvalue weighted by atomic mass is 10.0. The molecule has 5 N–H and O–H groups in total. The molecule has 1 atom stereocenters. The van der Waals surface area contributed by atoms with E-state index in [9.17, 15) is 14.4 Å². The number of fused-ring (bicyclic) bond motifs is 1. The van der Waals surface area contributed by atoms with Crippen molar-refractivity contribution in [2.24, 2.45) is 5.73 Å². The molecule has 0 bridgehead atoms. The molecule has 0 aliphatic carbocycles. The molecule has 3 rings (SSSR count). The number of hydrogen-bond donors (Lipinski definition) is 4. The van der Waals surface area contributed by atoms with Gasteiger partial charge in [-0.05, 0) is 17.7 Å². The van der Waals surface area contributed by atoms with Gasteiger partial charge in [-0.2, -0.15) is 0 Å². The van der Waals surface area contributed by atoms with Crippen LogP contribution in [0, 0.1) is 0 Å². The van der Waals surface area contributed by atoms with E-state index in [4.69, 9.17) is 5.73 Å². The Kier molecular flexibility index (Phi) is 5.00. The Hall–Kier alpha value is -2.45. The first-order chi connectivity index (χ1) is 12.0. The van der Waals surface area contributed by atoms with E-state index < -0.39 is 17.9 Å². The Bertz CT molecular complexity index is 894. The van der Waals surface area contributed by atoms with Gasteiger partial charge in [-0.25, -0.2) is 0 Å². The van der Waals surface area contributed by atoms with Crippen LogP contribution in [0.3, 0.4) is 0 Å². The van der Waals surface area contributed by atoms with Crippen LogP contribution in [-0.2, 0) is 17.8 Å². The number of nitrogens with two attached hydrogens (primary N) is 1. The Morgan fingerprint density at radius 3 is 2.84 bits per heavy atom. The van der Waals surface area contributed by atoms with Crippen molar-refractivity contribution in [3.05, 3.63) is 67.5 Å². The molecule has 1 aromatic carbocycles. The molecular weight excluding hydrogens is 388 g/mol. The molecule has 1 unspecified atom stereocenters. The molecule has 1 aromatic heterocycles. The Morgan fingerprint density at radius 2 is 2.12 bits per heavy atom. The average Bonchev–Trinajstić information content (AvgIpc) is 2.59. The Labute approximate surface area is 152 Å². The Morgan fingerprint density at radius 1 is 1.32 bits per heavy atom. The van der Waals surface area contributed by atoms with Gasteiger partial charge in [0.15, 0.2) is 5.43 Å². The van der Waals surface area contributed by atoms with E-state index in [-0.39, 0.29) is 11.0 Å². The van der Waals surface area contributed by atoms with Gasteiger partial charge in [0, 0.05) is 41.4 Å². The molecule has 2 aromatic rings. The van der Waals surface area contributed by atoms with Crippen molar-refractivity contribution in [1.29, 1.82) is 0 Å². The molecule has 1 aliphatic heterocycles. The van der Waals surface area contributed by atoms with Crippen LogP contribution in [0.1, 0.15) is 33.2 Å². The molecule has 25 heavy (non-hydrogen) atoms. The summed E-state index contributed by atoms with van der Waals surface area (Å²) >= 11 is 3.32. The maximum absolute atomic E-state index is 12.6. The SMILES string of the molecule is NC(=O)C(NC(=O)c1c[nH]c2c(c1=O)CNCC2)c1cccc(Br)c1. The molecule has 7 nitrogen and oxygen atoms in total. The number of halogens is 1. The molecule has 0 saturated carbocycles. The minimum absolute atomic E-state index is 0.0382. The number of pyridine rings is 1. The van der Waals surface area contributed by atoms with Crippen LogP contribution in [0.5, 0.6) is 0 Å². The Balaban J connectivity index is 1.90. The smallest absolute Gasteiger partial charge is 0.257 e. The van der Waals surface area contributed by atoms with E-state index in [1.54, 1.807) is 24.3 Å². The minimum atomic E-state index is -1.03. The molecule has 0 radical (unpaired) electrons. The summed E-state index contributed by atoms with van der Waals surface area (Å²) < 4.78 is 0.753. The number of carbonyl (C=O) groups excluding carboxylic acids is 2. The van der Waals surface area contributed by atoms with Gasteiger partial charge < -0.3 is 21.4 Å². The number of nitrogens with one attached hydrogen (secondary N) is 3. The van der Waals surface area contributed by atoms with Gasteiger partial charge in [0.2, 0.25) is 5.91 Å². The lowest BCUT2D eigenvalue weighted by Crippen LogP contribution is -2.40. The zero-order chi connectivity index (χ0) is 18.0. The predicted octanol–water partition coefficient (Wildman–Crippen LogP) is 0.739. The van der Waals surface area contributed by atoms with Gasteiger partial charge in [-0.3, -0.25) is 14.4 Å². The van der Waals surface area contributed by atoms with Crippen LogP contribution in [0.25, 0.3) is 0 Å². The third kappa shape index (κ3) is 3.64. The average molecular weight is 405 g/mol. The highest BCUT2D eigenvalue weighted by atomic mass is 79.9. The molecular formula is C17H17BrN4O3. The summed E-state index contributed by atoms with van der Waals surface area (Å²) in [5.74, 6) is -1.35. The van der Waals surface area contributed by atoms with Crippen molar-refractivity contribution >= 4 is 27.7 Å². The molecule has 1 aliphatic rings. The molecule has 2 heterocycles. The van der Waals surface area contributed by atoms with Crippen molar-refractivity contribution < 1.29 is 9.59 Å². The monoisotopic (exact) mass is 404 g/mol. The number of aromatic nitrogens is 1. The fourth-order valence-electron chi connectivity index (χ4n) is 2.83. The summed E-state index contributed by atoms with van der Waals surface area (Å²) in [6, 6.07) is 5.88. The molecule has 2 amide bonds. The molecule has 0 spiro atoms. The first kappa shape index (κ1) is 17.4. The van der Waals surface area contributed by atoms with E-state index >= 15 is 0 Å². The van der Waals surface area contributed by atoms with Crippen molar-refractivity contribution in [3.63, 3.8) is 0 Å². The fraction of sp³-hybridized carbons (Fsp3) is 0.235. The summed E-state index contributed by atoms with van der Waals surface area (Å²) in [5, 5.41) is 5.66. The number of carbonyl (C=O) groups is 2. The number of benzene rings is 1. The van der Waals surface area contributed by atoms with Crippen LogP contribution in [0.2, 0.25) is 0 Å². The minimum Gasteiger partial charge on any atom is -0.368 e. The largest absolute Gasteiger partial charge is 0.368 e. The third-order valence-corrected chi connectivity index (χ3v) is 4.61. The van der Waals surface area contributed by atoms with Crippen LogP contribution >= 0.6 is 15.9 Å². The van der Waals surface area contributed by atoms with Crippen LogP contribution in [-0.4, -0.2) is 23.3 Å². The zero-order valence-corrected chi connectivity index (χ0v) is 14.9. The summed E-state index contributed by atoms with van der Waals surface area (Å²) in [7, 11) is 0. The first-order valence-electron chi connectivity index (χ1n) is 7.77. The van der Waals surface area contributed by atoms with Gasteiger partial charge in [0.25, 0.3) is 5.91 Å². The van der Waals surface area contributed by atoms with Gasteiger partial charge in [0.1, 0.15) is 11.6 Å². The van der Waals surface area contributed by atoms with Crippen molar-refractivity contribution in [2.75, 3.05) is 6.54 Å². The lowest BCUT2D eigenvalue weighted by molar-refractivity contribution is -0.120.